The molecule has 3 aliphatic heterocycles. The van der Waals surface area contributed by atoms with Gasteiger partial charge in [0.25, 0.3) is 0 Å². The fourth-order valence-electron chi connectivity index (χ4n) is 8.55. The monoisotopic (exact) mass is 622 g/mol. The van der Waals surface area contributed by atoms with Crippen LogP contribution in [0.4, 0.5) is 0 Å². The quantitative estimate of drug-likeness (QED) is 0.267. The summed E-state index contributed by atoms with van der Waals surface area (Å²) in [5, 5.41) is 0.577. The van der Waals surface area contributed by atoms with E-state index in [9.17, 15) is 24.0 Å². The van der Waals surface area contributed by atoms with E-state index in [-0.39, 0.29) is 29.7 Å². The Bertz CT molecular complexity index is 1790. The van der Waals surface area contributed by atoms with Gasteiger partial charge in [0, 0.05) is 22.3 Å². The number of hydrogen-bond acceptors (Lipinski definition) is 11. The van der Waals surface area contributed by atoms with Crippen LogP contribution in [0.3, 0.4) is 0 Å². The summed E-state index contributed by atoms with van der Waals surface area (Å²) in [6.07, 6.45) is -2.00. The van der Waals surface area contributed by atoms with Crippen molar-refractivity contribution in [3.05, 3.63) is 39.7 Å². The summed E-state index contributed by atoms with van der Waals surface area (Å²) in [7, 11) is 0. The van der Waals surface area contributed by atoms with Crippen molar-refractivity contribution in [2.75, 3.05) is 0 Å². The zero-order valence-corrected chi connectivity index (χ0v) is 26.8. The Morgan fingerprint density at radius 3 is 1.82 bits per heavy atom. The van der Waals surface area contributed by atoms with E-state index in [1.54, 1.807) is 39.8 Å². The molecule has 45 heavy (non-hydrogen) atoms. The molecule has 5 aliphatic rings. The molecule has 240 valence electrons. The number of hydrogen-bond donors (Lipinski definition) is 0. The average Bonchev–Trinajstić information content (AvgIpc) is 3.42. The molecule has 7 atom stereocenters. The fourth-order valence-corrected chi connectivity index (χ4v) is 8.55. The molecule has 2 saturated heterocycles. The minimum atomic E-state index is -1.58. The molecule has 7 rings (SSSR count). The number of carbonyl (C=O) groups excluding carboxylic acids is 4. The second-order valence-corrected chi connectivity index (χ2v) is 15.0. The third-order valence-corrected chi connectivity index (χ3v) is 12.8. The normalized spacial score (nSPS) is 38.4. The van der Waals surface area contributed by atoms with Crippen LogP contribution in [0.5, 0.6) is 5.75 Å². The maximum atomic E-state index is 14.3. The van der Waals surface area contributed by atoms with Gasteiger partial charge in [-0.2, -0.15) is 0 Å². The lowest BCUT2D eigenvalue weighted by atomic mass is 9.66. The molecule has 1 aromatic heterocycles. The average molecular weight is 623 g/mol. The lowest BCUT2D eigenvalue weighted by Gasteiger charge is -2.42. The summed E-state index contributed by atoms with van der Waals surface area (Å²) in [5.74, 6) is -2.22. The van der Waals surface area contributed by atoms with Crippen LogP contribution in [-0.4, -0.2) is 47.3 Å². The van der Waals surface area contributed by atoms with Crippen LogP contribution >= 0.6 is 0 Å². The third-order valence-electron chi connectivity index (χ3n) is 12.8. The highest BCUT2D eigenvalue weighted by molar-refractivity contribution is 5.95. The summed E-state index contributed by atoms with van der Waals surface area (Å²) in [6.45, 7) is 14.3. The Kier molecular flexibility index (Phi) is 5.74. The number of rotatable bonds is 4. The number of benzene rings is 1. The Morgan fingerprint density at radius 1 is 0.800 bits per heavy atom. The molecule has 4 bridgehead atoms. The van der Waals surface area contributed by atoms with Gasteiger partial charge >= 0.3 is 29.5 Å². The number of ether oxygens (including phenoxy) is 5. The SMILES string of the molecule is Cc1cc(=O)oc2c3c(ccc12)O[C@@H](C)[C@H](OC(=O)[C@@]12CC[C@@](C)(C(=O)O1)C2(C)C)[C@@H]3OC(=O)[C@@]12CC[C@@](C)(C(=O)O1)C2(C)C. The van der Waals surface area contributed by atoms with Crippen molar-refractivity contribution in [3.8, 4) is 5.75 Å². The van der Waals surface area contributed by atoms with Crippen molar-refractivity contribution in [1.29, 1.82) is 0 Å². The van der Waals surface area contributed by atoms with Crippen LogP contribution in [0.25, 0.3) is 11.0 Å². The molecule has 2 aliphatic carbocycles. The molecule has 0 radical (unpaired) electrons. The smallest absolute Gasteiger partial charge is 0.351 e. The van der Waals surface area contributed by atoms with Gasteiger partial charge in [0.1, 0.15) is 17.4 Å². The van der Waals surface area contributed by atoms with E-state index in [0.29, 0.717) is 23.8 Å². The molecule has 11 heteroatoms. The first-order chi connectivity index (χ1) is 20.9. The Morgan fingerprint density at radius 2 is 1.33 bits per heavy atom. The van der Waals surface area contributed by atoms with Gasteiger partial charge in [0.15, 0.2) is 12.2 Å². The topological polar surface area (TPSA) is 145 Å². The van der Waals surface area contributed by atoms with Crippen LogP contribution in [0.1, 0.15) is 91.4 Å². The molecule has 2 saturated carbocycles. The molecule has 0 spiro atoms. The maximum absolute atomic E-state index is 14.3. The molecular formula is C34H38O11. The van der Waals surface area contributed by atoms with Crippen molar-refractivity contribution < 1.29 is 47.3 Å². The highest BCUT2D eigenvalue weighted by Crippen LogP contribution is 2.67. The predicted octanol–water partition coefficient (Wildman–Crippen LogP) is 4.62. The van der Waals surface area contributed by atoms with E-state index in [0.717, 1.165) is 0 Å². The molecule has 4 fully saturated rings. The van der Waals surface area contributed by atoms with Crippen molar-refractivity contribution in [3.63, 3.8) is 0 Å². The molecule has 0 N–H and O–H groups in total. The maximum Gasteiger partial charge on any atom is 0.351 e. The van der Waals surface area contributed by atoms with Crippen LogP contribution in [0.15, 0.2) is 27.4 Å². The van der Waals surface area contributed by atoms with Crippen LogP contribution < -0.4 is 10.4 Å². The van der Waals surface area contributed by atoms with Gasteiger partial charge in [0.05, 0.1) is 16.4 Å². The first kappa shape index (κ1) is 29.8. The van der Waals surface area contributed by atoms with Gasteiger partial charge in [-0.1, -0.05) is 27.7 Å². The first-order valence-corrected chi connectivity index (χ1v) is 15.5. The fraction of sp³-hybridized carbons (Fsp3) is 0.618. The van der Waals surface area contributed by atoms with Crippen LogP contribution in [0, 0.1) is 28.6 Å². The predicted molar refractivity (Wildman–Crippen MR) is 156 cm³/mol. The summed E-state index contributed by atoms with van der Waals surface area (Å²) < 4.78 is 36.0. The first-order valence-electron chi connectivity index (χ1n) is 15.5. The zero-order valence-electron chi connectivity index (χ0n) is 26.8. The number of aryl methyl sites for hydroxylation is 1. The van der Waals surface area contributed by atoms with Crippen molar-refractivity contribution in [2.45, 2.75) is 111 Å². The summed E-state index contributed by atoms with van der Waals surface area (Å²) in [6, 6.07) is 4.78. The van der Waals surface area contributed by atoms with E-state index in [1.807, 2.05) is 27.7 Å². The summed E-state index contributed by atoms with van der Waals surface area (Å²) in [4.78, 5) is 67.1. The minimum absolute atomic E-state index is 0.124. The van der Waals surface area contributed by atoms with E-state index in [2.05, 4.69) is 0 Å². The lowest BCUT2D eigenvalue weighted by molar-refractivity contribution is -0.209. The number of esters is 4. The Balaban J connectivity index is 1.34. The Hall–Kier alpha value is -3.89. The zero-order chi connectivity index (χ0) is 32.7. The van der Waals surface area contributed by atoms with E-state index >= 15 is 0 Å². The third kappa shape index (κ3) is 3.29. The van der Waals surface area contributed by atoms with Gasteiger partial charge in [-0.25, -0.2) is 14.4 Å². The Labute approximate surface area is 259 Å². The van der Waals surface area contributed by atoms with Crippen LogP contribution in [-0.2, 0) is 38.1 Å². The molecule has 0 amide bonds. The van der Waals surface area contributed by atoms with Crippen molar-refractivity contribution in [1.82, 2.24) is 0 Å². The van der Waals surface area contributed by atoms with Gasteiger partial charge in [-0.05, 0) is 71.1 Å². The molecule has 2 aromatic rings. The number of carbonyl (C=O) groups is 4. The highest BCUT2D eigenvalue weighted by Gasteiger charge is 2.78. The molecule has 11 nitrogen and oxygen atoms in total. The van der Waals surface area contributed by atoms with E-state index in [4.69, 9.17) is 28.1 Å². The molecular weight excluding hydrogens is 584 g/mol. The minimum Gasteiger partial charge on any atom is -0.486 e. The van der Waals surface area contributed by atoms with Gasteiger partial charge in [0.2, 0.25) is 11.2 Å². The van der Waals surface area contributed by atoms with Gasteiger partial charge < -0.3 is 28.1 Å². The van der Waals surface area contributed by atoms with E-state index in [1.165, 1.54) is 6.07 Å². The van der Waals surface area contributed by atoms with Gasteiger partial charge in [-0.3, -0.25) is 9.59 Å². The molecule has 0 unspecified atom stereocenters. The second kappa shape index (κ2) is 8.67. The van der Waals surface area contributed by atoms with Crippen molar-refractivity contribution >= 4 is 34.8 Å². The molecule has 1 aromatic carbocycles. The summed E-state index contributed by atoms with van der Waals surface area (Å²) >= 11 is 0. The summed E-state index contributed by atoms with van der Waals surface area (Å²) in [5.41, 5.74) is -6.33. The lowest BCUT2D eigenvalue weighted by Crippen LogP contribution is -2.54. The highest BCUT2D eigenvalue weighted by atomic mass is 16.7. The largest absolute Gasteiger partial charge is 0.486 e. The van der Waals surface area contributed by atoms with Crippen LogP contribution in [0.2, 0.25) is 0 Å². The standard InChI is InChI=1S/C34H38O11/c1-16-15-20(35)41-23-18(16)9-10-19-21(23)24(43-28(39)34-14-12-32(8,26(37)45-34)30(34,5)6)22(17(2)40-19)42-27(38)33-13-11-31(7,25(36)44-33)29(33,3)4/h9-10,15,17,22,24H,11-14H2,1-8H3/t17-,22-,24+,31-,32-,33+,34+/m0/s1. The molecule has 4 heterocycles. The number of fused-ring (bicyclic) bond motifs is 7. The van der Waals surface area contributed by atoms with Crippen molar-refractivity contribution in [2.24, 2.45) is 21.7 Å². The second-order valence-electron chi connectivity index (χ2n) is 15.0. The van der Waals surface area contributed by atoms with E-state index < -0.39 is 80.7 Å². The van der Waals surface area contributed by atoms with Gasteiger partial charge in [-0.15, -0.1) is 0 Å².